The van der Waals surface area contributed by atoms with Crippen LogP contribution in [-0.4, -0.2) is 72.4 Å². The molecular weight excluding hydrogens is 356 g/mol. The van der Waals surface area contributed by atoms with Gasteiger partial charge >= 0.3 is 0 Å². The van der Waals surface area contributed by atoms with Gasteiger partial charge in [0, 0.05) is 87.3 Å². The molecule has 8 nitrogen and oxygen atoms in total. The van der Waals surface area contributed by atoms with Crippen LogP contribution in [0.5, 0.6) is 11.5 Å². The maximum Gasteiger partial charge on any atom is 0.128 e. The zero-order valence-electron chi connectivity index (χ0n) is 16.5. The molecule has 28 heavy (non-hydrogen) atoms. The van der Waals surface area contributed by atoms with Gasteiger partial charge in [-0.1, -0.05) is 24.3 Å². The Morgan fingerprint density at radius 1 is 0.571 bits per heavy atom. The molecule has 10 N–H and O–H groups in total. The maximum atomic E-state index is 10.8. The van der Waals surface area contributed by atoms with Gasteiger partial charge in [-0.05, 0) is 0 Å². The fraction of sp³-hybridized carbons (Fsp3) is 0.500. The number of nitrogens with two attached hydrogens (primary N) is 4. The van der Waals surface area contributed by atoms with E-state index in [0.29, 0.717) is 76.2 Å². The van der Waals surface area contributed by atoms with E-state index in [4.69, 9.17) is 22.9 Å². The number of hydrogen-bond donors (Lipinski definition) is 6. The van der Waals surface area contributed by atoms with Crippen LogP contribution in [0.3, 0.4) is 0 Å². The van der Waals surface area contributed by atoms with E-state index in [2.05, 4.69) is 9.80 Å². The fourth-order valence-electron chi connectivity index (χ4n) is 3.47. The average molecular weight is 391 g/mol. The molecule has 8 heteroatoms. The van der Waals surface area contributed by atoms with E-state index in [9.17, 15) is 10.2 Å². The fourth-order valence-corrected chi connectivity index (χ4v) is 3.47. The molecule has 2 aromatic rings. The topological polar surface area (TPSA) is 151 Å². The lowest BCUT2D eigenvalue weighted by Crippen LogP contribution is -2.33. The molecule has 0 aliphatic rings. The number of phenolic OH excluding ortho intramolecular Hbond substituents is 2. The second-order valence-electron chi connectivity index (χ2n) is 6.95. The number of aromatic hydroxyl groups is 2. The van der Waals surface area contributed by atoms with Gasteiger partial charge in [0.15, 0.2) is 0 Å². The summed E-state index contributed by atoms with van der Waals surface area (Å²) >= 11 is 0. The van der Waals surface area contributed by atoms with Gasteiger partial charge in [-0.15, -0.1) is 0 Å². The standard InChI is InChI=1S/C20H34N6O2/c21-5-9-25(10-6-22)13-15-1-3-17-18(19(15)27)4-2-16(20(17)28)14-26(11-7-23)12-8-24/h1-4,27-28H,5-14,21-24H2. The maximum absolute atomic E-state index is 10.8. The highest BCUT2D eigenvalue weighted by Crippen LogP contribution is 2.36. The highest BCUT2D eigenvalue weighted by Gasteiger charge is 2.15. The second-order valence-corrected chi connectivity index (χ2v) is 6.95. The van der Waals surface area contributed by atoms with Crippen LogP contribution < -0.4 is 22.9 Å². The molecule has 0 saturated heterocycles. The molecule has 0 radical (unpaired) electrons. The number of fused-ring (bicyclic) bond motifs is 1. The molecule has 0 atom stereocenters. The highest BCUT2D eigenvalue weighted by atomic mass is 16.3. The van der Waals surface area contributed by atoms with Crippen molar-refractivity contribution < 1.29 is 10.2 Å². The average Bonchev–Trinajstić information content (AvgIpc) is 2.67. The van der Waals surface area contributed by atoms with Crippen LogP contribution in [-0.2, 0) is 13.1 Å². The van der Waals surface area contributed by atoms with Crippen molar-refractivity contribution in [2.24, 2.45) is 22.9 Å². The van der Waals surface area contributed by atoms with Gasteiger partial charge in [0.2, 0.25) is 0 Å². The summed E-state index contributed by atoms with van der Waals surface area (Å²) in [4.78, 5) is 4.21. The van der Waals surface area contributed by atoms with Crippen molar-refractivity contribution in [3.8, 4) is 11.5 Å². The van der Waals surface area contributed by atoms with Crippen molar-refractivity contribution in [2.75, 3.05) is 52.4 Å². The predicted octanol–water partition coefficient (Wildman–Crippen LogP) is -0.310. The molecule has 0 spiro atoms. The van der Waals surface area contributed by atoms with E-state index >= 15 is 0 Å². The molecule has 156 valence electrons. The van der Waals surface area contributed by atoms with E-state index in [1.807, 2.05) is 24.3 Å². The van der Waals surface area contributed by atoms with Gasteiger partial charge in [0.25, 0.3) is 0 Å². The summed E-state index contributed by atoms with van der Waals surface area (Å²) in [6, 6.07) is 7.39. The number of benzene rings is 2. The van der Waals surface area contributed by atoms with Gasteiger partial charge in [-0.2, -0.15) is 0 Å². The van der Waals surface area contributed by atoms with Crippen molar-refractivity contribution in [3.63, 3.8) is 0 Å². The number of phenols is 2. The largest absolute Gasteiger partial charge is 0.507 e. The summed E-state index contributed by atoms with van der Waals surface area (Å²) in [6.45, 7) is 6.04. The Labute approximate surface area is 166 Å². The lowest BCUT2D eigenvalue weighted by Gasteiger charge is -2.23. The van der Waals surface area contributed by atoms with Crippen LogP contribution in [0.25, 0.3) is 10.8 Å². The Kier molecular flexibility index (Phi) is 8.91. The Morgan fingerprint density at radius 3 is 1.18 bits per heavy atom. The molecule has 0 aliphatic heterocycles. The van der Waals surface area contributed by atoms with Crippen LogP contribution in [0.4, 0.5) is 0 Å². The van der Waals surface area contributed by atoms with Gasteiger partial charge < -0.3 is 33.1 Å². The SMILES string of the molecule is NCCN(CCN)Cc1ccc2c(O)c(CN(CCN)CCN)ccc2c1O. The van der Waals surface area contributed by atoms with E-state index in [1.54, 1.807) is 0 Å². The second kappa shape index (κ2) is 11.2. The molecule has 0 amide bonds. The molecule has 2 aromatic carbocycles. The number of nitrogens with zero attached hydrogens (tertiary/aromatic N) is 2. The summed E-state index contributed by atoms with van der Waals surface area (Å²) < 4.78 is 0. The molecular formula is C20H34N6O2. The van der Waals surface area contributed by atoms with Crippen LogP contribution in [0.15, 0.2) is 24.3 Å². The Hall–Kier alpha value is -1.94. The van der Waals surface area contributed by atoms with E-state index in [-0.39, 0.29) is 11.5 Å². The first-order chi connectivity index (χ1) is 13.5. The van der Waals surface area contributed by atoms with E-state index in [0.717, 1.165) is 11.1 Å². The molecule has 0 saturated carbocycles. The summed E-state index contributed by atoms with van der Waals surface area (Å²) in [7, 11) is 0. The van der Waals surface area contributed by atoms with Crippen molar-refractivity contribution in [1.82, 2.24) is 9.80 Å². The minimum atomic E-state index is 0.180. The zero-order valence-corrected chi connectivity index (χ0v) is 16.5. The van der Waals surface area contributed by atoms with Gasteiger partial charge in [0.05, 0.1) is 0 Å². The normalized spacial score (nSPS) is 11.8. The minimum absolute atomic E-state index is 0.180. The van der Waals surface area contributed by atoms with Crippen molar-refractivity contribution >= 4 is 10.8 Å². The Morgan fingerprint density at radius 2 is 0.893 bits per heavy atom. The van der Waals surface area contributed by atoms with Gasteiger partial charge in [-0.3, -0.25) is 9.80 Å². The molecule has 0 aliphatic carbocycles. The first-order valence-corrected chi connectivity index (χ1v) is 9.76. The molecule has 0 bridgehead atoms. The molecule has 0 unspecified atom stereocenters. The Bertz CT molecular complexity index is 680. The van der Waals surface area contributed by atoms with Crippen molar-refractivity contribution in [1.29, 1.82) is 0 Å². The third kappa shape index (κ3) is 5.54. The van der Waals surface area contributed by atoms with E-state index < -0.39 is 0 Å². The van der Waals surface area contributed by atoms with Crippen molar-refractivity contribution in [2.45, 2.75) is 13.1 Å². The summed E-state index contributed by atoms with van der Waals surface area (Å²) in [6.07, 6.45) is 0. The Balaban J connectivity index is 2.30. The van der Waals surface area contributed by atoms with E-state index in [1.165, 1.54) is 0 Å². The quantitative estimate of drug-likeness (QED) is 0.289. The van der Waals surface area contributed by atoms with Crippen LogP contribution in [0.2, 0.25) is 0 Å². The third-order valence-corrected chi connectivity index (χ3v) is 4.88. The number of rotatable bonds is 12. The van der Waals surface area contributed by atoms with Gasteiger partial charge in [-0.25, -0.2) is 0 Å². The number of hydrogen-bond acceptors (Lipinski definition) is 8. The lowest BCUT2D eigenvalue weighted by molar-refractivity contribution is 0.276. The third-order valence-electron chi connectivity index (χ3n) is 4.88. The molecule has 0 aromatic heterocycles. The molecule has 2 rings (SSSR count). The highest BCUT2D eigenvalue weighted by molar-refractivity contribution is 5.94. The van der Waals surface area contributed by atoms with Crippen LogP contribution in [0.1, 0.15) is 11.1 Å². The molecule has 0 fully saturated rings. The monoisotopic (exact) mass is 390 g/mol. The predicted molar refractivity (Wildman–Crippen MR) is 114 cm³/mol. The summed E-state index contributed by atoms with van der Waals surface area (Å²) in [5, 5.41) is 22.8. The van der Waals surface area contributed by atoms with Gasteiger partial charge in [0.1, 0.15) is 11.5 Å². The smallest absolute Gasteiger partial charge is 0.128 e. The van der Waals surface area contributed by atoms with Crippen molar-refractivity contribution in [3.05, 3.63) is 35.4 Å². The minimum Gasteiger partial charge on any atom is -0.507 e. The molecule has 0 heterocycles. The van der Waals surface area contributed by atoms with Crippen LogP contribution in [0, 0.1) is 0 Å². The lowest BCUT2D eigenvalue weighted by atomic mass is 10.0. The first-order valence-electron chi connectivity index (χ1n) is 9.76. The van der Waals surface area contributed by atoms with Crippen LogP contribution >= 0.6 is 0 Å². The first kappa shape index (κ1) is 22.4. The summed E-state index contributed by atoms with van der Waals surface area (Å²) in [5.74, 6) is 0.360. The summed E-state index contributed by atoms with van der Waals surface area (Å²) in [5.41, 5.74) is 24.2. The zero-order chi connectivity index (χ0) is 20.5.